The lowest BCUT2D eigenvalue weighted by Gasteiger charge is -2.10. The Morgan fingerprint density at radius 3 is 3.00 bits per heavy atom. The fraction of sp³-hybridized carbons (Fsp3) is 0.0909. The number of nitrogens with zero attached hydrogens (tertiary/aromatic N) is 3. The van der Waals surface area contributed by atoms with Gasteiger partial charge < -0.3 is 10.1 Å². The number of hydrogen-bond acceptors (Lipinski definition) is 6. The summed E-state index contributed by atoms with van der Waals surface area (Å²) < 4.78 is 8.71. The largest absolute Gasteiger partial charge is 0.495 e. The van der Waals surface area contributed by atoms with Crippen LogP contribution < -0.4 is 10.1 Å². The second kappa shape index (κ2) is 5.25. The first-order chi connectivity index (χ1) is 8.76. The fourth-order valence-corrected chi connectivity index (χ4v) is 1.80. The van der Waals surface area contributed by atoms with Gasteiger partial charge in [0.25, 0.3) is 5.91 Å². The van der Waals surface area contributed by atoms with Crippen LogP contribution in [0.2, 0.25) is 0 Å². The van der Waals surface area contributed by atoms with E-state index in [4.69, 9.17) is 10.00 Å². The number of carbonyl (C=O) groups excluding carboxylic acids is 1. The summed E-state index contributed by atoms with van der Waals surface area (Å²) in [6.45, 7) is 0. The normalized spacial score (nSPS) is 9.56. The molecule has 0 spiro atoms. The number of amides is 1. The van der Waals surface area contributed by atoms with Gasteiger partial charge in [0, 0.05) is 5.38 Å². The van der Waals surface area contributed by atoms with Crippen LogP contribution in [-0.2, 0) is 0 Å². The van der Waals surface area contributed by atoms with Crippen molar-refractivity contribution in [3.63, 3.8) is 0 Å². The van der Waals surface area contributed by atoms with Gasteiger partial charge in [0.15, 0.2) is 5.69 Å². The Morgan fingerprint density at radius 2 is 2.39 bits per heavy atom. The summed E-state index contributed by atoms with van der Waals surface area (Å²) in [5.41, 5.74) is 0.862. The van der Waals surface area contributed by atoms with E-state index in [1.54, 1.807) is 18.2 Å². The van der Waals surface area contributed by atoms with Gasteiger partial charge in [-0.05, 0) is 23.7 Å². The van der Waals surface area contributed by atoms with E-state index >= 15 is 0 Å². The Kier molecular flexibility index (Phi) is 3.50. The average Bonchev–Trinajstić information content (AvgIpc) is 2.93. The summed E-state index contributed by atoms with van der Waals surface area (Å²) in [7, 11) is 1.47. The van der Waals surface area contributed by atoms with E-state index < -0.39 is 5.91 Å². The molecule has 1 amide bonds. The summed E-state index contributed by atoms with van der Waals surface area (Å²) in [6, 6.07) is 6.93. The van der Waals surface area contributed by atoms with Crippen molar-refractivity contribution in [1.29, 1.82) is 5.26 Å². The van der Waals surface area contributed by atoms with Crippen molar-refractivity contribution in [3.05, 3.63) is 34.8 Å². The Morgan fingerprint density at radius 1 is 1.56 bits per heavy atom. The van der Waals surface area contributed by atoms with E-state index in [1.165, 1.54) is 12.5 Å². The summed E-state index contributed by atoms with van der Waals surface area (Å²) in [5, 5.41) is 16.8. The molecule has 0 bridgehead atoms. The number of rotatable bonds is 3. The maximum atomic E-state index is 11.8. The molecule has 7 heteroatoms. The molecule has 0 fully saturated rings. The maximum absolute atomic E-state index is 11.8. The molecule has 0 aliphatic heterocycles. The van der Waals surface area contributed by atoms with Crippen LogP contribution in [0.25, 0.3) is 0 Å². The second-order valence-electron chi connectivity index (χ2n) is 3.24. The van der Waals surface area contributed by atoms with Crippen LogP contribution in [0.5, 0.6) is 5.75 Å². The average molecular weight is 260 g/mol. The van der Waals surface area contributed by atoms with E-state index in [2.05, 4.69) is 14.9 Å². The summed E-state index contributed by atoms with van der Waals surface area (Å²) in [4.78, 5) is 11.8. The number of methoxy groups -OCH3 is 1. The van der Waals surface area contributed by atoms with E-state index in [0.29, 0.717) is 17.0 Å². The molecule has 0 unspecified atom stereocenters. The molecule has 1 aromatic heterocycles. The number of anilines is 1. The molecule has 0 aliphatic carbocycles. The monoisotopic (exact) mass is 260 g/mol. The molecule has 0 aliphatic rings. The number of carbonyl (C=O) groups is 1. The zero-order valence-corrected chi connectivity index (χ0v) is 10.2. The van der Waals surface area contributed by atoms with Crippen molar-refractivity contribution in [1.82, 2.24) is 9.59 Å². The van der Waals surface area contributed by atoms with E-state index in [-0.39, 0.29) is 5.69 Å². The Bertz CT molecular complexity index is 604. The molecule has 90 valence electrons. The van der Waals surface area contributed by atoms with Gasteiger partial charge in [-0.3, -0.25) is 4.79 Å². The van der Waals surface area contributed by atoms with Crippen molar-refractivity contribution in [2.24, 2.45) is 0 Å². The maximum Gasteiger partial charge on any atom is 0.277 e. The minimum atomic E-state index is -0.426. The molecule has 0 atom stereocenters. The molecular weight excluding hydrogens is 252 g/mol. The van der Waals surface area contributed by atoms with Gasteiger partial charge in [-0.25, -0.2) is 0 Å². The van der Waals surface area contributed by atoms with Crippen LogP contribution in [0.15, 0.2) is 23.6 Å². The van der Waals surface area contributed by atoms with Gasteiger partial charge in [-0.1, -0.05) is 10.6 Å². The highest BCUT2D eigenvalue weighted by Crippen LogP contribution is 2.28. The molecule has 2 rings (SSSR count). The summed E-state index contributed by atoms with van der Waals surface area (Å²) in [6.07, 6.45) is 0. The number of benzene rings is 1. The Balaban J connectivity index is 2.34. The third-order valence-corrected chi connectivity index (χ3v) is 2.70. The van der Waals surface area contributed by atoms with Gasteiger partial charge in [-0.2, -0.15) is 5.26 Å². The number of nitrogens with one attached hydrogen (secondary N) is 1. The van der Waals surface area contributed by atoms with Crippen molar-refractivity contribution in [2.45, 2.75) is 0 Å². The molecule has 1 aromatic carbocycles. The highest BCUT2D eigenvalue weighted by Gasteiger charge is 2.15. The van der Waals surface area contributed by atoms with Crippen molar-refractivity contribution in [3.8, 4) is 11.8 Å². The smallest absolute Gasteiger partial charge is 0.277 e. The van der Waals surface area contributed by atoms with E-state index in [0.717, 1.165) is 11.5 Å². The fourth-order valence-electron chi connectivity index (χ4n) is 1.36. The van der Waals surface area contributed by atoms with Crippen molar-refractivity contribution < 1.29 is 9.53 Å². The quantitative estimate of drug-likeness (QED) is 0.906. The van der Waals surface area contributed by atoms with Crippen LogP contribution in [0, 0.1) is 11.3 Å². The van der Waals surface area contributed by atoms with Gasteiger partial charge in [0.2, 0.25) is 0 Å². The molecule has 0 radical (unpaired) electrons. The van der Waals surface area contributed by atoms with Crippen LogP contribution >= 0.6 is 11.5 Å². The van der Waals surface area contributed by atoms with Gasteiger partial charge in [0.05, 0.1) is 12.7 Å². The molecule has 0 saturated heterocycles. The topological polar surface area (TPSA) is 87.9 Å². The zero-order chi connectivity index (χ0) is 13.0. The predicted molar refractivity (Wildman–Crippen MR) is 65.6 cm³/mol. The summed E-state index contributed by atoms with van der Waals surface area (Å²) in [5.74, 6) is -0.00432. The predicted octanol–water partition coefficient (Wildman–Crippen LogP) is 1.67. The molecule has 0 saturated carbocycles. The van der Waals surface area contributed by atoms with E-state index in [1.807, 2.05) is 6.07 Å². The first-order valence-electron chi connectivity index (χ1n) is 4.91. The lowest BCUT2D eigenvalue weighted by Crippen LogP contribution is -2.14. The molecule has 1 heterocycles. The van der Waals surface area contributed by atoms with Crippen LogP contribution in [-0.4, -0.2) is 22.6 Å². The standard InChI is InChI=1S/C11H8N4O2S/c1-17-9-4-2-3-7(5-12)10(9)13-11(16)8-6-18-15-14-8/h2-4,6H,1H3,(H,13,16). The van der Waals surface area contributed by atoms with Gasteiger partial charge >= 0.3 is 0 Å². The second-order valence-corrected chi connectivity index (χ2v) is 3.85. The van der Waals surface area contributed by atoms with Gasteiger partial charge in [0.1, 0.15) is 17.5 Å². The Hall–Kier alpha value is -2.46. The number of nitriles is 1. The molecule has 2 aromatic rings. The first-order valence-corrected chi connectivity index (χ1v) is 5.75. The minimum absolute atomic E-state index is 0.204. The number of hydrogen-bond donors (Lipinski definition) is 1. The van der Waals surface area contributed by atoms with Crippen molar-refractivity contribution >= 4 is 23.1 Å². The Labute approximate surface area is 107 Å². The first kappa shape index (κ1) is 12.0. The van der Waals surface area contributed by atoms with E-state index in [9.17, 15) is 4.79 Å². The van der Waals surface area contributed by atoms with Crippen LogP contribution in [0.4, 0.5) is 5.69 Å². The number of ether oxygens (including phenoxy) is 1. The van der Waals surface area contributed by atoms with Gasteiger partial charge in [-0.15, -0.1) is 5.10 Å². The molecular formula is C11H8N4O2S. The highest BCUT2D eigenvalue weighted by molar-refractivity contribution is 7.03. The minimum Gasteiger partial charge on any atom is -0.495 e. The molecule has 1 N–H and O–H groups in total. The number of aromatic nitrogens is 2. The van der Waals surface area contributed by atoms with Crippen LogP contribution in [0.3, 0.4) is 0 Å². The molecule has 18 heavy (non-hydrogen) atoms. The van der Waals surface area contributed by atoms with Crippen LogP contribution in [0.1, 0.15) is 16.1 Å². The number of para-hydroxylation sites is 1. The van der Waals surface area contributed by atoms with Crippen molar-refractivity contribution in [2.75, 3.05) is 12.4 Å². The SMILES string of the molecule is COc1cccc(C#N)c1NC(=O)c1csnn1. The third kappa shape index (κ3) is 2.28. The lowest BCUT2D eigenvalue weighted by molar-refractivity contribution is 0.102. The zero-order valence-electron chi connectivity index (χ0n) is 9.38. The lowest BCUT2D eigenvalue weighted by atomic mass is 10.1. The highest BCUT2D eigenvalue weighted by atomic mass is 32.1. The summed E-state index contributed by atoms with van der Waals surface area (Å²) >= 11 is 1.08. The molecule has 6 nitrogen and oxygen atoms in total. The third-order valence-electron chi connectivity index (χ3n) is 2.20.